The van der Waals surface area contributed by atoms with E-state index in [2.05, 4.69) is 20.2 Å². The Bertz CT molecular complexity index is 1040. The number of hydrogen-bond donors (Lipinski definition) is 3. The summed E-state index contributed by atoms with van der Waals surface area (Å²) in [7, 11) is 0. The number of nitrogens with one attached hydrogen (secondary N) is 2. The molecule has 1 aliphatic rings. The van der Waals surface area contributed by atoms with E-state index >= 15 is 0 Å². The summed E-state index contributed by atoms with van der Waals surface area (Å²) >= 11 is 1.51. The molecular weight excluding hydrogens is 398 g/mol. The van der Waals surface area contributed by atoms with Gasteiger partial charge in [-0.05, 0) is 50.1 Å². The first-order chi connectivity index (χ1) is 14.5. The van der Waals surface area contributed by atoms with Crippen LogP contribution in [0.5, 0.6) is 0 Å². The van der Waals surface area contributed by atoms with Crippen LogP contribution in [0.3, 0.4) is 0 Å². The second kappa shape index (κ2) is 8.79. The van der Waals surface area contributed by atoms with Gasteiger partial charge >= 0.3 is 0 Å². The number of rotatable bonds is 7. The Morgan fingerprint density at radius 2 is 2.00 bits per heavy atom. The zero-order valence-corrected chi connectivity index (χ0v) is 17.7. The van der Waals surface area contributed by atoms with E-state index in [4.69, 9.17) is 5.73 Å². The molecule has 0 saturated carbocycles. The quantitative estimate of drug-likeness (QED) is 0.538. The lowest BCUT2D eigenvalue weighted by atomic mass is 10.1. The number of para-hydroxylation sites is 2. The number of aromatic nitrogens is 2. The van der Waals surface area contributed by atoms with Crippen molar-refractivity contribution in [3.63, 3.8) is 0 Å². The predicted molar refractivity (Wildman–Crippen MR) is 122 cm³/mol. The minimum atomic E-state index is -0.508. The van der Waals surface area contributed by atoms with Gasteiger partial charge in [0, 0.05) is 18.7 Å². The van der Waals surface area contributed by atoms with Crippen LogP contribution in [0, 0.1) is 0 Å². The summed E-state index contributed by atoms with van der Waals surface area (Å²) in [6.07, 6.45) is 2.24. The number of aromatic amines is 1. The van der Waals surface area contributed by atoms with Gasteiger partial charge in [0.15, 0.2) is 0 Å². The average molecular weight is 424 g/mol. The molecule has 1 unspecified atom stereocenters. The first-order valence-corrected chi connectivity index (χ1v) is 11.1. The number of anilines is 2. The average Bonchev–Trinajstić information content (AvgIpc) is 3.41. The van der Waals surface area contributed by atoms with Crippen molar-refractivity contribution in [2.75, 3.05) is 29.1 Å². The van der Waals surface area contributed by atoms with Crippen LogP contribution < -0.4 is 16.0 Å². The molecule has 2 heterocycles. The van der Waals surface area contributed by atoms with Gasteiger partial charge in [0.2, 0.25) is 11.8 Å². The van der Waals surface area contributed by atoms with Crippen LogP contribution in [0.25, 0.3) is 11.0 Å². The van der Waals surface area contributed by atoms with Gasteiger partial charge in [-0.25, -0.2) is 4.98 Å². The lowest BCUT2D eigenvalue weighted by molar-refractivity contribution is -0.113. The van der Waals surface area contributed by atoms with E-state index in [1.807, 2.05) is 37.3 Å². The molecule has 1 saturated heterocycles. The van der Waals surface area contributed by atoms with Crippen molar-refractivity contribution >= 4 is 46.0 Å². The summed E-state index contributed by atoms with van der Waals surface area (Å²) in [6.45, 7) is 3.91. The Morgan fingerprint density at radius 3 is 2.73 bits per heavy atom. The van der Waals surface area contributed by atoms with E-state index in [1.54, 1.807) is 12.1 Å². The van der Waals surface area contributed by atoms with Crippen LogP contribution in [-0.2, 0) is 4.79 Å². The van der Waals surface area contributed by atoms with Crippen molar-refractivity contribution in [1.29, 1.82) is 0 Å². The molecule has 0 spiro atoms. The Kier molecular flexibility index (Phi) is 5.94. The Hall–Kier alpha value is -3.00. The van der Waals surface area contributed by atoms with E-state index in [1.165, 1.54) is 11.8 Å². The second-order valence-electron chi connectivity index (χ2n) is 7.43. The topological polar surface area (TPSA) is 104 Å². The summed E-state index contributed by atoms with van der Waals surface area (Å²) in [5.41, 5.74) is 9.29. The summed E-state index contributed by atoms with van der Waals surface area (Å²) < 4.78 is 0. The van der Waals surface area contributed by atoms with Crippen LogP contribution in [0.2, 0.25) is 0 Å². The maximum Gasteiger partial charge on any atom is 0.248 e. The number of carbonyl (C=O) groups excluding carboxylic acids is 2. The number of carbonyl (C=O) groups is 2. The van der Waals surface area contributed by atoms with Crippen molar-refractivity contribution in [3.8, 4) is 0 Å². The smallest absolute Gasteiger partial charge is 0.248 e. The molecule has 4 N–H and O–H groups in total. The first kappa shape index (κ1) is 20.3. The van der Waals surface area contributed by atoms with E-state index in [0.717, 1.165) is 48.5 Å². The van der Waals surface area contributed by atoms with E-state index < -0.39 is 5.91 Å². The Balaban J connectivity index is 1.43. The fourth-order valence-corrected chi connectivity index (χ4v) is 4.40. The van der Waals surface area contributed by atoms with Crippen LogP contribution in [0.15, 0.2) is 42.5 Å². The Labute approximate surface area is 179 Å². The zero-order chi connectivity index (χ0) is 21.1. The van der Waals surface area contributed by atoms with Crippen molar-refractivity contribution in [2.45, 2.75) is 25.0 Å². The van der Waals surface area contributed by atoms with Gasteiger partial charge in [-0.1, -0.05) is 12.1 Å². The third-order valence-corrected chi connectivity index (χ3v) is 6.41. The van der Waals surface area contributed by atoms with Crippen LogP contribution >= 0.6 is 11.8 Å². The van der Waals surface area contributed by atoms with Gasteiger partial charge in [0.25, 0.3) is 0 Å². The molecule has 30 heavy (non-hydrogen) atoms. The molecule has 1 fully saturated rings. The lowest BCUT2D eigenvalue weighted by Gasteiger charge is -2.22. The third kappa shape index (κ3) is 4.43. The number of nitrogens with zero attached hydrogens (tertiary/aromatic N) is 2. The summed E-state index contributed by atoms with van der Waals surface area (Å²) in [5.74, 6) is 0.497. The van der Waals surface area contributed by atoms with Crippen molar-refractivity contribution in [1.82, 2.24) is 9.97 Å². The van der Waals surface area contributed by atoms with Gasteiger partial charge in [-0.3, -0.25) is 9.59 Å². The monoisotopic (exact) mass is 423 g/mol. The molecule has 4 rings (SSSR count). The molecule has 1 aromatic heterocycles. The molecule has 2 aromatic carbocycles. The zero-order valence-electron chi connectivity index (χ0n) is 16.9. The number of thioether (sulfide) groups is 1. The number of nitrogens with two attached hydrogens (primary N) is 1. The number of H-pyrrole nitrogens is 1. The van der Waals surface area contributed by atoms with Gasteiger partial charge in [-0.15, -0.1) is 11.8 Å². The maximum atomic E-state index is 12.7. The van der Waals surface area contributed by atoms with E-state index in [0.29, 0.717) is 11.3 Å². The van der Waals surface area contributed by atoms with E-state index in [-0.39, 0.29) is 16.9 Å². The van der Waals surface area contributed by atoms with Crippen LogP contribution in [0.4, 0.5) is 11.4 Å². The molecular formula is C22H25N5O2S. The van der Waals surface area contributed by atoms with Gasteiger partial charge in [0.05, 0.1) is 33.4 Å². The number of benzene rings is 2. The van der Waals surface area contributed by atoms with E-state index in [9.17, 15) is 9.59 Å². The largest absolute Gasteiger partial charge is 0.370 e. The maximum absolute atomic E-state index is 12.7. The molecule has 156 valence electrons. The van der Waals surface area contributed by atoms with Crippen molar-refractivity contribution < 1.29 is 9.59 Å². The molecule has 2 amide bonds. The normalized spacial score (nSPS) is 14.8. The molecule has 1 aliphatic heterocycles. The number of fused-ring (bicyclic) bond motifs is 1. The Morgan fingerprint density at radius 1 is 1.23 bits per heavy atom. The summed E-state index contributed by atoms with van der Waals surface area (Å²) in [4.78, 5) is 34.4. The molecule has 8 heteroatoms. The summed E-state index contributed by atoms with van der Waals surface area (Å²) in [6, 6.07) is 13.1. The minimum Gasteiger partial charge on any atom is -0.370 e. The number of imidazole rings is 1. The van der Waals surface area contributed by atoms with Crippen LogP contribution in [0.1, 0.15) is 41.2 Å². The number of hydrogen-bond acceptors (Lipinski definition) is 5. The third-order valence-electron chi connectivity index (χ3n) is 5.26. The van der Waals surface area contributed by atoms with Crippen LogP contribution in [-0.4, -0.2) is 40.6 Å². The molecule has 0 aliphatic carbocycles. The standard InChI is InChI=1S/C22H25N5O2S/c1-14(22-25-16-6-2-3-7-17(16)26-22)30-13-20(28)24-18-12-15(21(23)29)8-9-19(18)27-10-4-5-11-27/h2-3,6-9,12,14H,4-5,10-11,13H2,1H3,(H2,23,29)(H,24,28)(H,25,26). The SMILES string of the molecule is CC(SCC(=O)Nc1cc(C(N)=O)ccc1N1CCCC1)c1nc2ccccc2[nH]1. The van der Waals surface area contributed by atoms with Gasteiger partial charge in [-0.2, -0.15) is 0 Å². The highest BCUT2D eigenvalue weighted by Crippen LogP contribution is 2.31. The van der Waals surface area contributed by atoms with Gasteiger partial charge < -0.3 is 20.9 Å². The summed E-state index contributed by atoms with van der Waals surface area (Å²) in [5, 5.41) is 3.02. The molecule has 1 atom stereocenters. The van der Waals surface area contributed by atoms with Crippen molar-refractivity contribution in [2.24, 2.45) is 5.73 Å². The fourth-order valence-electron chi connectivity index (χ4n) is 3.65. The number of amides is 2. The fraction of sp³-hybridized carbons (Fsp3) is 0.318. The lowest BCUT2D eigenvalue weighted by Crippen LogP contribution is -2.23. The predicted octanol–water partition coefficient (Wildman–Crippen LogP) is 3.69. The molecule has 3 aromatic rings. The highest BCUT2D eigenvalue weighted by atomic mass is 32.2. The highest BCUT2D eigenvalue weighted by molar-refractivity contribution is 8.00. The molecule has 0 radical (unpaired) electrons. The highest BCUT2D eigenvalue weighted by Gasteiger charge is 2.19. The molecule has 0 bridgehead atoms. The first-order valence-electron chi connectivity index (χ1n) is 10.1. The second-order valence-corrected chi connectivity index (χ2v) is 8.76. The van der Waals surface area contributed by atoms with Gasteiger partial charge in [0.1, 0.15) is 5.82 Å². The number of primary amides is 1. The van der Waals surface area contributed by atoms with Crippen molar-refractivity contribution in [3.05, 3.63) is 53.9 Å². The molecule has 7 nitrogen and oxygen atoms in total. The minimum absolute atomic E-state index is 0.0400.